The van der Waals surface area contributed by atoms with Crippen LogP contribution in [-0.4, -0.2) is 29.7 Å². The Morgan fingerprint density at radius 2 is 2.29 bits per heavy atom. The number of aryl methyl sites for hydroxylation is 1. The maximum absolute atomic E-state index is 10.6. The predicted molar refractivity (Wildman–Crippen MR) is 67.3 cm³/mol. The van der Waals surface area contributed by atoms with E-state index in [0.717, 1.165) is 11.3 Å². The van der Waals surface area contributed by atoms with Gasteiger partial charge < -0.3 is 10.0 Å². The highest BCUT2D eigenvalue weighted by molar-refractivity contribution is 5.57. The summed E-state index contributed by atoms with van der Waals surface area (Å²) in [4.78, 5) is 12.1. The Labute approximate surface area is 100 Å². The lowest BCUT2D eigenvalue weighted by Crippen LogP contribution is -2.27. The molecule has 17 heavy (non-hydrogen) atoms. The summed E-state index contributed by atoms with van der Waals surface area (Å²) in [6.07, 6.45) is 1.73. The molecular weight excluding hydrogens is 220 g/mol. The third kappa shape index (κ3) is 3.29. The van der Waals surface area contributed by atoms with Crippen molar-refractivity contribution in [2.75, 3.05) is 24.6 Å². The van der Waals surface area contributed by atoms with Crippen molar-refractivity contribution in [1.29, 1.82) is 0 Å². The van der Waals surface area contributed by atoms with E-state index in [0.29, 0.717) is 13.1 Å². The van der Waals surface area contributed by atoms with Crippen molar-refractivity contribution < 1.29 is 10.0 Å². The molecule has 1 aromatic carbocycles. The van der Waals surface area contributed by atoms with E-state index in [9.17, 15) is 10.1 Å². The van der Waals surface area contributed by atoms with Gasteiger partial charge in [0.2, 0.25) is 0 Å². The van der Waals surface area contributed by atoms with Gasteiger partial charge in [-0.05, 0) is 18.6 Å². The molecule has 5 heteroatoms. The number of hydrogen-bond donors (Lipinski definition) is 1. The minimum absolute atomic E-state index is 0.0320. The Hall–Kier alpha value is -1.88. The number of rotatable bonds is 6. The number of hydrogen-bond acceptors (Lipinski definition) is 4. The van der Waals surface area contributed by atoms with Crippen LogP contribution in [0.1, 0.15) is 5.56 Å². The fraction of sp³-hybridized carbons (Fsp3) is 0.333. The van der Waals surface area contributed by atoms with E-state index >= 15 is 0 Å². The van der Waals surface area contributed by atoms with Gasteiger partial charge in [-0.2, -0.15) is 0 Å². The molecule has 0 radical (unpaired) electrons. The lowest BCUT2D eigenvalue weighted by molar-refractivity contribution is -0.384. The van der Waals surface area contributed by atoms with Gasteiger partial charge in [0.05, 0.1) is 11.5 Å². The maximum Gasteiger partial charge on any atom is 0.269 e. The smallest absolute Gasteiger partial charge is 0.269 e. The van der Waals surface area contributed by atoms with E-state index in [-0.39, 0.29) is 12.3 Å². The number of nitro benzene ring substituents is 1. The molecule has 0 aromatic heterocycles. The van der Waals surface area contributed by atoms with Gasteiger partial charge in [0.15, 0.2) is 0 Å². The molecule has 5 nitrogen and oxygen atoms in total. The summed E-state index contributed by atoms with van der Waals surface area (Å²) in [6, 6.07) is 4.70. The summed E-state index contributed by atoms with van der Waals surface area (Å²) in [6.45, 7) is 6.57. The average molecular weight is 236 g/mol. The molecule has 0 aliphatic rings. The van der Waals surface area contributed by atoms with Crippen molar-refractivity contribution in [3.8, 4) is 0 Å². The van der Waals surface area contributed by atoms with Crippen LogP contribution >= 0.6 is 0 Å². The molecular formula is C12H16N2O3. The fourth-order valence-electron chi connectivity index (χ4n) is 1.69. The summed E-state index contributed by atoms with van der Waals surface area (Å²) in [5, 5.41) is 19.6. The highest BCUT2D eigenvalue weighted by Gasteiger charge is 2.12. The first-order chi connectivity index (χ1) is 8.10. The van der Waals surface area contributed by atoms with E-state index in [1.54, 1.807) is 12.1 Å². The highest BCUT2D eigenvalue weighted by Crippen LogP contribution is 2.24. The van der Waals surface area contributed by atoms with Crippen LogP contribution in [0, 0.1) is 17.0 Å². The molecule has 92 valence electrons. The van der Waals surface area contributed by atoms with Gasteiger partial charge in [-0.1, -0.05) is 6.08 Å². The predicted octanol–water partition coefficient (Wildman–Crippen LogP) is 1.89. The molecule has 0 saturated carbocycles. The highest BCUT2D eigenvalue weighted by atomic mass is 16.6. The first-order valence-corrected chi connectivity index (χ1v) is 5.32. The quantitative estimate of drug-likeness (QED) is 0.465. The molecule has 0 saturated heterocycles. The fourth-order valence-corrected chi connectivity index (χ4v) is 1.69. The van der Waals surface area contributed by atoms with Gasteiger partial charge in [0.25, 0.3) is 5.69 Å². The van der Waals surface area contributed by atoms with Gasteiger partial charge in [-0.25, -0.2) is 0 Å². The van der Waals surface area contributed by atoms with Crippen LogP contribution in [-0.2, 0) is 0 Å². The number of aliphatic hydroxyl groups is 1. The Morgan fingerprint density at radius 3 is 2.76 bits per heavy atom. The van der Waals surface area contributed by atoms with Crippen LogP contribution in [0.15, 0.2) is 30.9 Å². The second kappa shape index (κ2) is 6.00. The van der Waals surface area contributed by atoms with Gasteiger partial charge in [-0.3, -0.25) is 10.1 Å². The second-order valence-corrected chi connectivity index (χ2v) is 3.69. The van der Waals surface area contributed by atoms with Crippen LogP contribution in [0.2, 0.25) is 0 Å². The maximum atomic E-state index is 10.6. The molecule has 0 fully saturated rings. The standard InChI is InChI=1S/C12H16N2O3/c1-3-6-13(7-8-15)12-5-4-11(14(16)17)9-10(12)2/h3-5,9,15H,1,6-8H2,2H3. The molecule has 1 N–H and O–H groups in total. The molecule has 0 heterocycles. The molecule has 1 rings (SSSR count). The van der Waals surface area contributed by atoms with Crippen molar-refractivity contribution in [2.24, 2.45) is 0 Å². The van der Waals surface area contributed by atoms with Crippen molar-refractivity contribution in [2.45, 2.75) is 6.92 Å². The van der Waals surface area contributed by atoms with Crippen LogP contribution in [0.4, 0.5) is 11.4 Å². The average Bonchev–Trinajstić information content (AvgIpc) is 2.28. The zero-order valence-electron chi connectivity index (χ0n) is 9.80. The van der Waals surface area contributed by atoms with Crippen molar-refractivity contribution >= 4 is 11.4 Å². The van der Waals surface area contributed by atoms with E-state index in [4.69, 9.17) is 5.11 Å². The van der Waals surface area contributed by atoms with Gasteiger partial charge in [0, 0.05) is 30.9 Å². The van der Waals surface area contributed by atoms with E-state index in [1.165, 1.54) is 12.1 Å². The van der Waals surface area contributed by atoms with Crippen molar-refractivity contribution in [1.82, 2.24) is 0 Å². The number of aliphatic hydroxyl groups excluding tert-OH is 1. The number of benzene rings is 1. The van der Waals surface area contributed by atoms with E-state index < -0.39 is 4.92 Å². The van der Waals surface area contributed by atoms with Crippen LogP contribution in [0.3, 0.4) is 0 Å². The third-order valence-electron chi connectivity index (χ3n) is 2.45. The van der Waals surface area contributed by atoms with Gasteiger partial charge in [0.1, 0.15) is 0 Å². The second-order valence-electron chi connectivity index (χ2n) is 3.69. The number of anilines is 1. The number of nitro groups is 1. The largest absolute Gasteiger partial charge is 0.395 e. The molecule has 0 amide bonds. The van der Waals surface area contributed by atoms with Crippen LogP contribution in [0.5, 0.6) is 0 Å². The summed E-state index contributed by atoms with van der Waals surface area (Å²) < 4.78 is 0. The number of non-ortho nitro benzene ring substituents is 1. The summed E-state index contributed by atoms with van der Waals surface area (Å²) >= 11 is 0. The van der Waals surface area contributed by atoms with Crippen molar-refractivity contribution in [3.63, 3.8) is 0 Å². The van der Waals surface area contributed by atoms with E-state index in [1.807, 2.05) is 11.8 Å². The Balaban J connectivity index is 3.03. The zero-order valence-corrected chi connectivity index (χ0v) is 9.80. The summed E-state index contributed by atoms with van der Waals surface area (Å²) in [5.74, 6) is 0. The zero-order chi connectivity index (χ0) is 12.8. The van der Waals surface area contributed by atoms with Crippen molar-refractivity contribution in [3.05, 3.63) is 46.5 Å². The monoisotopic (exact) mass is 236 g/mol. The van der Waals surface area contributed by atoms with E-state index in [2.05, 4.69) is 6.58 Å². The lowest BCUT2D eigenvalue weighted by Gasteiger charge is -2.23. The summed E-state index contributed by atoms with van der Waals surface area (Å²) in [5.41, 5.74) is 1.77. The Bertz CT molecular complexity index is 418. The Kier molecular flexibility index (Phi) is 4.66. The Morgan fingerprint density at radius 1 is 1.59 bits per heavy atom. The molecule has 0 aliphatic heterocycles. The van der Waals surface area contributed by atoms with Crippen LogP contribution in [0.25, 0.3) is 0 Å². The third-order valence-corrected chi connectivity index (χ3v) is 2.45. The molecule has 0 unspecified atom stereocenters. The SMILES string of the molecule is C=CCN(CCO)c1ccc([N+](=O)[O-])cc1C. The molecule has 0 spiro atoms. The minimum Gasteiger partial charge on any atom is -0.395 e. The molecule has 0 bridgehead atoms. The van der Waals surface area contributed by atoms with Gasteiger partial charge in [-0.15, -0.1) is 6.58 Å². The normalized spacial score (nSPS) is 10.0. The van der Waals surface area contributed by atoms with Crippen LogP contribution < -0.4 is 4.90 Å². The summed E-state index contributed by atoms with van der Waals surface area (Å²) in [7, 11) is 0. The first-order valence-electron chi connectivity index (χ1n) is 5.32. The topological polar surface area (TPSA) is 66.6 Å². The van der Waals surface area contributed by atoms with Gasteiger partial charge >= 0.3 is 0 Å². The minimum atomic E-state index is -0.416. The lowest BCUT2D eigenvalue weighted by atomic mass is 10.1. The number of nitrogens with zero attached hydrogens (tertiary/aromatic N) is 2. The molecule has 0 aliphatic carbocycles. The molecule has 0 atom stereocenters. The molecule has 1 aromatic rings. The first kappa shape index (κ1) is 13.2.